The van der Waals surface area contributed by atoms with Gasteiger partial charge in [0.15, 0.2) is 0 Å². The van der Waals surface area contributed by atoms with Gasteiger partial charge in [-0.05, 0) is 0 Å². The molecule has 2 heterocycles. The summed E-state index contributed by atoms with van der Waals surface area (Å²) in [7, 11) is 0. The minimum atomic E-state index is -0.412. The van der Waals surface area contributed by atoms with Crippen LogP contribution in [0.3, 0.4) is 0 Å². The second kappa shape index (κ2) is 7.01. The van der Waals surface area contributed by atoms with Gasteiger partial charge >= 0.3 is 104 Å². The van der Waals surface area contributed by atoms with E-state index in [1.54, 1.807) is 65.3 Å². The van der Waals surface area contributed by atoms with Gasteiger partial charge in [-0.3, -0.25) is 0 Å². The Bertz CT molecular complexity index is 128. The molecule has 0 aromatic heterocycles. The molecule has 14 heavy (non-hydrogen) atoms. The summed E-state index contributed by atoms with van der Waals surface area (Å²) in [5.41, 5.74) is 0. The first-order chi connectivity index (χ1) is 6.95. The van der Waals surface area contributed by atoms with Crippen molar-refractivity contribution < 1.29 is 0 Å². The Morgan fingerprint density at radius 1 is 0.571 bits per heavy atom. The van der Waals surface area contributed by atoms with Crippen LogP contribution in [0, 0.1) is 0 Å². The Balaban J connectivity index is 1.46. The molecule has 0 aliphatic carbocycles. The van der Waals surface area contributed by atoms with Gasteiger partial charge in [0.25, 0.3) is 0 Å². The van der Waals surface area contributed by atoms with Crippen molar-refractivity contribution in [2.24, 2.45) is 0 Å². The fraction of sp³-hybridized carbons (Fsp3) is 1.00. The van der Waals surface area contributed by atoms with Crippen LogP contribution in [0.1, 0.15) is 38.5 Å². The molecule has 0 amide bonds. The minimum absolute atomic E-state index is 0.412. The SMILES string of the molecule is C1CC[Te+](CCCC[Te+]2CCCC2)C1. The van der Waals surface area contributed by atoms with Crippen LogP contribution in [0.15, 0.2) is 0 Å². The van der Waals surface area contributed by atoms with E-state index in [1.807, 2.05) is 0 Å². The van der Waals surface area contributed by atoms with Crippen molar-refractivity contribution in [2.45, 2.75) is 65.3 Å². The van der Waals surface area contributed by atoms with E-state index in [0.29, 0.717) is 0 Å². The summed E-state index contributed by atoms with van der Waals surface area (Å²) in [5, 5.41) is 0. The van der Waals surface area contributed by atoms with Gasteiger partial charge in [0.1, 0.15) is 0 Å². The Kier molecular flexibility index (Phi) is 6.03. The predicted octanol–water partition coefficient (Wildman–Crippen LogP) is 4.34. The van der Waals surface area contributed by atoms with Gasteiger partial charge in [-0.1, -0.05) is 0 Å². The number of hydrogen-bond donors (Lipinski definition) is 0. The fourth-order valence-electron chi connectivity index (χ4n) is 2.45. The van der Waals surface area contributed by atoms with Crippen LogP contribution >= 0.6 is 0 Å². The number of rotatable bonds is 5. The van der Waals surface area contributed by atoms with E-state index in [-0.39, 0.29) is 0 Å². The van der Waals surface area contributed by atoms with Gasteiger partial charge in [-0.25, -0.2) is 0 Å². The summed E-state index contributed by atoms with van der Waals surface area (Å²) in [4.78, 5) is 0. The van der Waals surface area contributed by atoms with Crippen LogP contribution in [0.5, 0.6) is 0 Å². The topological polar surface area (TPSA) is 0 Å². The van der Waals surface area contributed by atoms with Gasteiger partial charge in [0, 0.05) is 0 Å². The van der Waals surface area contributed by atoms with Gasteiger partial charge in [-0.15, -0.1) is 0 Å². The molecule has 0 radical (unpaired) electrons. The maximum atomic E-state index is 1.75. The Morgan fingerprint density at radius 3 is 1.29 bits per heavy atom. The van der Waals surface area contributed by atoms with Crippen molar-refractivity contribution in [3.05, 3.63) is 0 Å². The van der Waals surface area contributed by atoms with Gasteiger partial charge in [0.05, 0.1) is 0 Å². The summed E-state index contributed by atoms with van der Waals surface area (Å²) in [6.07, 6.45) is 9.72. The first-order valence-corrected chi connectivity index (χ1v) is 16.1. The Morgan fingerprint density at radius 2 is 0.929 bits per heavy atom. The zero-order valence-electron chi connectivity index (χ0n) is 9.30. The monoisotopic (exact) mass is 428 g/mol. The third-order valence-electron chi connectivity index (χ3n) is 3.35. The Labute approximate surface area is 104 Å². The third-order valence-corrected chi connectivity index (χ3v) is 18.2. The van der Waals surface area contributed by atoms with E-state index in [0.717, 1.165) is 0 Å². The van der Waals surface area contributed by atoms with Gasteiger partial charge in [0.2, 0.25) is 0 Å². The van der Waals surface area contributed by atoms with Gasteiger partial charge < -0.3 is 0 Å². The quantitative estimate of drug-likeness (QED) is 0.456. The van der Waals surface area contributed by atoms with Crippen molar-refractivity contribution in [1.29, 1.82) is 0 Å². The first-order valence-electron chi connectivity index (χ1n) is 6.23. The number of hydrogen-bond acceptors (Lipinski definition) is 0. The number of unbranched alkanes of at least 4 members (excludes halogenated alkanes) is 1. The van der Waals surface area contributed by atoms with E-state index in [4.69, 9.17) is 0 Å². The summed E-state index contributed by atoms with van der Waals surface area (Å²) < 4.78 is 10.4. The van der Waals surface area contributed by atoms with E-state index in [1.165, 1.54) is 0 Å². The normalized spacial score (nSPS) is 24.9. The van der Waals surface area contributed by atoms with Crippen LogP contribution in [0.25, 0.3) is 0 Å². The second-order valence-corrected chi connectivity index (χ2v) is 18.6. The third kappa shape index (κ3) is 4.21. The molecule has 2 saturated heterocycles. The molecule has 0 spiro atoms. The summed E-state index contributed by atoms with van der Waals surface area (Å²) in [6, 6.07) is 0. The van der Waals surface area contributed by atoms with Crippen molar-refractivity contribution in [1.82, 2.24) is 0 Å². The standard InChI is InChI=1S/C12H24Te2/c1-2-8-13(7-1)11-5-6-12-14-9-3-4-10-14/h1-12H2/q+2. The van der Waals surface area contributed by atoms with Gasteiger partial charge in [-0.2, -0.15) is 0 Å². The summed E-state index contributed by atoms with van der Waals surface area (Å²) in [6.45, 7) is 0. The van der Waals surface area contributed by atoms with E-state index >= 15 is 0 Å². The molecule has 0 aromatic rings. The van der Waals surface area contributed by atoms with Crippen molar-refractivity contribution in [2.75, 3.05) is 0 Å². The zero-order valence-corrected chi connectivity index (χ0v) is 14.0. The molecular weight excluding hydrogens is 399 g/mol. The molecule has 2 rings (SSSR count). The molecule has 0 bridgehead atoms. The average Bonchev–Trinajstić information content (AvgIpc) is 2.86. The van der Waals surface area contributed by atoms with E-state index < -0.39 is 39.1 Å². The molecule has 0 unspecified atom stereocenters. The van der Waals surface area contributed by atoms with E-state index in [2.05, 4.69) is 0 Å². The average molecular weight is 424 g/mol. The van der Waals surface area contributed by atoms with Crippen LogP contribution in [0.4, 0.5) is 0 Å². The van der Waals surface area contributed by atoms with E-state index in [9.17, 15) is 0 Å². The van der Waals surface area contributed by atoms with Crippen LogP contribution in [0.2, 0.25) is 26.8 Å². The molecule has 2 fully saturated rings. The molecule has 0 nitrogen and oxygen atoms in total. The molecule has 0 N–H and O–H groups in total. The predicted molar refractivity (Wildman–Crippen MR) is 68.1 cm³/mol. The fourth-order valence-corrected chi connectivity index (χ4v) is 16.4. The van der Waals surface area contributed by atoms with Crippen LogP contribution in [-0.2, 0) is 0 Å². The summed E-state index contributed by atoms with van der Waals surface area (Å²) >= 11 is -0.823. The second-order valence-electron chi connectivity index (χ2n) is 4.57. The molecule has 0 saturated carbocycles. The first kappa shape index (κ1) is 12.0. The molecule has 2 aliphatic rings. The van der Waals surface area contributed by atoms with Crippen LogP contribution < -0.4 is 0 Å². The molecule has 2 aliphatic heterocycles. The summed E-state index contributed by atoms with van der Waals surface area (Å²) in [5.74, 6) is 0. The maximum absolute atomic E-state index is 1.75. The van der Waals surface area contributed by atoms with Crippen molar-refractivity contribution >= 4 is 39.1 Å². The molecular formula is C12H24Te2+2. The van der Waals surface area contributed by atoms with Crippen molar-refractivity contribution in [3.63, 3.8) is 0 Å². The van der Waals surface area contributed by atoms with Crippen molar-refractivity contribution in [3.8, 4) is 0 Å². The zero-order chi connectivity index (χ0) is 9.64. The van der Waals surface area contributed by atoms with Crippen LogP contribution in [-0.4, -0.2) is 39.1 Å². The molecule has 0 aromatic carbocycles. The Hall–Kier alpha value is 1.58. The molecule has 82 valence electrons. The molecule has 0 atom stereocenters. The molecule has 2 heteroatoms.